The van der Waals surface area contributed by atoms with Crippen molar-refractivity contribution in [1.29, 1.82) is 0 Å². The first kappa shape index (κ1) is 39.5. The van der Waals surface area contributed by atoms with E-state index in [4.69, 9.17) is 33.2 Å². The molecule has 0 spiro atoms. The van der Waals surface area contributed by atoms with Gasteiger partial charge in [0, 0.05) is 6.08 Å². The predicted molar refractivity (Wildman–Crippen MR) is 169 cm³/mol. The van der Waals surface area contributed by atoms with Gasteiger partial charge in [0.2, 0.25) is 0 Å². The molecule has 0 amide bonds. The van der Waals surface area contributed by atoms with E-state index in [0.717, 1.165) is 12.1 Å². The lowest BCUT2D eigenvalue weighted by molar-refractivity contribution is -0.335. The summed E-state index contributed by atoms with van der Waals surface area (Å²) < 4.78 is 39.7. The van der Waals surface area contributed by atoms with E-state index in [0.29, 0.717) is 5.56 Å². The van der Waals surface area contributed by atoms with Crippen molar-refractivity contribution >= 4 is 12.0 Å². The van der Waals surface area contributed by atoms with Crippen molar-refractivity contribution in [3.05, 3.63) is 53.6 Å². The lowest BCUT2D eigenvalue weighted by Gasteiger charge is -2.44. The molecule has 52 heavy (non-hydrogen) atoms. The van der Waals surface area contributed by atoms with Crippen LogP contribution < -0.4 is 0 Å². The highest BCUT2D eigenvalue weighted by atomic mass is 16.8. The highest BCUT2D eigenvalue weighted by Gasteiger charge is 2.55. The zero-order valence-electron chi connectivity index (χ0n) is 27.5. The molecule has 0 bridgehead atoms. The Morgan fingerprint density at radius 1 is 0.788 bits per heavy atom. The second-order valence-corrected chi connectivity index (χ2v) is 12.7. The molecule has 0 radical (unpaired) electrons. The minimum atomic E-state index is -2.14. The number of esters is 1. The molecule has 3 saturated heterocycles. The molecule has 0 aromatic heterocycles. The standard InChI is InChI=1S/C33H42O19/c34-12-32(44)14-48-30(27(32)42)47-11-22-25(51-23(40)6-3-16-1-4-18(36)20(38)9-16)26(52-31-28(43)33(45,13-35)15-49-31)24(41)29(50-22)46-8-7-17-2-5-19(37)21(39)10-17/h1-6,9-10,22,24-31,34-39,41-45H,7-8,11-15H2/t22-,24-,25-,26-,27+,28+,29-,30-,31+,32-,33-/m1/s1. The molecule has 0 saturated carbocycles. The van der Waals surface area contributed by atoms with Crippen molar-refractivity contribution in [3.63, 3.8) is 0 Å². The predicted octanol–water partition coefficient (Wildman–Crippen LogP) is -2.94. The van der Waals surface area contributed by atoms with Crippen molar-refractivity contribution in [2.75, 3.05) is 39.6 Å². The average Bonchev–Trinajstić information content (AvgIpc) is 3.58. The van der Waals surface area contributed by atoms with E-state index in [1.165, 1.54) is 36.4 Å². The summed E-state index contributed by atoms with van der Waals surface area (Å²) in [7, 11) is 0. The largest absolute Gasteiger partial charge is 0.504 e. The molecule has 11 N–H and O–H groups in total. The summed E-state index contributed by atoms with van der Waals surface area (Å²) in [6, 6.07) is 7.82. The molecule has 3 aliphatic rings. The number of aromatic hydroxyl groups is 4. The highest BCUT2D eigenvalue weighted by Crippen LogP contribution is 2.34. The molecule has 3 aliphatic heterocycles. The zero-order valence-corrected chi connectivity index (χ0v) is 27.5. The molecule has 5 rings (SSSR count). The number of phenolic OH excluding ortho intramolecular Hbond substituents is 4. The Morgan fingerprint density at radius 2 is 1.40 bits per heavy atom. The number of carbonyl (C=O) groups excluding carboxylic acids is 1. The molecule has 11 atom stereocenters. The highest BCUT2D eigenvalue weighted by molar-refractivity contribution is 5.87. The Bertz CT molecular complexity index is 1560. The van der Waals surface area contributed by atoms with Gasteiger partial charge in [-0.2, -0.15) is 0 Å². The topological polar surface area (TPSA) is 304 Å². The van der Waals surface area contributed by atoms with Gasteiger partial charge in [-0.25, -0.2) is 4.79 Å². The molecule has 288 valence electrons. The number of carbonyl (C=O) groups is 1. The molecule has 3 heterocycles. The smallest absolute Gasteiger partial charge is 0.331 e. The Morgan fingerprint density at radius 3 is 2.02 bits per heavy atom. The van der Waals surface area contributed by atoms with Gasteiger partial charge in [-0.05, 0) is 47.9 Å². The van der Waals surface area contributed by atoms with Gasteiger partial charge in [-0.1, -0.05) is 12.1 Å². The van der Waals surface area contributed by atoms with Gasteiger partial charge < -0.3 is 89.3 Å². The van der Waals surface area contributed by atoms with Gasteiger partial charge in [0.1, 0.15) is 41.7 Å². The summed E-state index contributed by atoms with van der Waals surface area (Å²) >= 11 is 0. The number of rotatable bonds is 14. The molecule has 2 aromatic rings. The first-order valence-corrected chi connectivity index (χ1v) is 16.1. The summed E-state index contributed by atoms with van der Waals surface area (Å²) in [4.78, 5) is 13.2. The van der Waals surface area contributed by atoms with Crippen LogP contribution in [0.4, 0.5) is 0 Å². The molecular weight excluding hydrogens is 700 g/mol. The van der Waals surface area contributed by atoms with Crippen LogP contribution in [-0.4, -0.2) is 168 Å². The van der Waals surface area contributed by atoms with Crippen molar-refractivity contribution < 1.29 is 94.1 Å². The van der Waals surface area contributed by atoms with Crippen molar-refractivity contribution in [1.82, 2.24) is 0 Å². The van der Waals surface area contributed by atoms with Gasteiger partial charge >= 0.3 is 5.97 Å². The number of aliphatic hydroxyl groups is 7. The molecule has 19 heteroatoms. The number of ether oxygens (including phenoxy) is 7. The number of hydrogen-bond donors (Lipinski definition) is 11. The Hall–Kier alpha value is -3.67. The van der Waals surface area contributed by atoms with Crippen LogP contribution in [0.25, 0.3) is 6.08 Å². The Balaban J connectivity index is 1.40. The number of hydrogen-bond acceptors (Lipinski definition) is 19. The quantitative estimate of drug-likeness (QED) is 0.0524. The molecule has 19 nitrogen and oxygen atoms in total. The van der Waals surface area contributed by atoms with Crippen LogP contribution in [-0.2, 0) is 44.4 Å². The van der Waals surface area contributed by atoms with Gasteiger partial charge in [0.15, 0.2) is 48.0 Å². The van der Waals surface area contributed by atoms with Crippen molar-refractivity contribution in [2.45, 2.75) is 73.1 Å². The fraction of sp³-hybridized carbons (Fsp3) is 0.545. The van der Waals surface area contributed by atoms with Crippen LogP contribution in [0.1, 0.15) is 11.1 Å². The van der Waals surface area contributed by atoms with E-state index < -0.39 is 117 Å². The fourth-order valence-electron chi connectivity index (χ4n) is 5.65. The SMILES string of the molecule is O=C(C=Cc1ccc(O)c(O)c1)O[C@H]1[C@H](O[C@@H]2OC[C@](O)(CO)[C@H]2O)[C@@H](O)[C@H](OCCc2ccc(O)c(O)c2)O[C@@H]1CO[C@@H]1OC[C@](O)(CO)[C@H]1O. The lowest BCUT2D eigenvalue weighted by atomic mass is 9.97. The van der Waals surface area contributed by atoms with E-state index in [1.807, 2.05) is 0 Å². The van der Waals surface area contributed by atoms with Crippen LogP contribution >= 0.6 is 0 Å². The summed E-state index contributed by atoms with van der Waals surface area (Å²) in [5, 5.41) is 112. The van der Waals surface area contributed by atoms with E-state index in [1.54, 1.807) is 0 Å². The van der Waals surface area contributed by atoms with Gasteiger partial charge in [-0.15, -0.1) is 0 Å². The average molecular weight is 743 g/mol. The third kappa shape index (κ3) is 8.75. The van der Waals surface area contributed by atoms with Crippen molar-refractivity contribution in [2.24, 2.45) is 0 Å². The van der Waals surface area contributed by atoms with Crippen LogP contribution in [0, 0.1) is 0 Å². The van der Waals surface area contributed by atoms with Crippen LogP contribution in [0.2, 0.25) is 0 Å². The summed E-state index contributed by atoms with van der Waals surface area (Å²) in [5.41, 5.74) is -3.38. The van der Waals surface area contributed by atoms with Gasteiger partial charge in [0.05, 0.1) is 39.6 Å². The first-order chi connectivity index (χ1) is 24.7. The minimum absolute atomic E-state index is 0.138. The van der Waals surface area contributed by atoms with Gasteiger partial charge in [0.25, 0.3) is 0 Å². The Kier molecular flexibility index (Phi) is 12.6. The summed E-state index contributed by atoms with van der Waals surface area (Å²) in [6.45, 7) is -3.59. The first-order valence-electron chi connectivity index (χ1n) is 16.1. The Labute approximate surface area is 295 Å². The second kappa shape index (κ2) is 16.6. The molecular formula is C33H42O19. The molecule has 3 fully saturated rings. The minimum Gasteiger partial charge on any atom is -0.504 e. The molecule has 2 aromatic carbocycles. The summed E-state index contributed by atoms with van der Waals surface area (Å²) in [6.07, 6.45) is -12.6. The second-order valence-electron chi connectivity index (χ2n) is 12.7. The van der Waals surface area contributed by atoms with Crippen LogP contribution in [0.5, 0.6) is 23.0 Å². The normalized spacial score (nSPS) is 34.9. The molecule has 0 unspecified atom stereocenters. The monoisotopic (exact) mass is 742 g/mol. The number of benzene rings is 2. The third-order valence-electron chi connectivity index (χ3n) is 8.87. The fourth-order valence-corrected chi connectivity index (χ4v) is 5.65. The van der Waals surface area contributed by atoms with Crippen LogP contribution in [0.3, 0.4) is 0 Å². The zero-order chi connectivity index (χ0) is 37.8. The van der Waals surface area contributed by atoms with Crippen LogP contribution in [0.15, 0.2) is 42.5 Å². The van der Waals surface area contributed by atoms with E-state index in [2.05, 4.69) is 0 Å². The summed E-state index contributed by atoms with van der Waals surface area (Å²) in [5.74, 6) is -2.62. The maximum atomic E-state index is 13.2. The van der Waals surface area contributed by atoms with Crippen molar-refractivity contribution in [3.8, 4) is 23.0 Å². The number of phenols is 4. The molecule has 0 aliphatic carbocycles. The lowest BCUT2D eigenvalue weighted by Crippen LogP contribution is -2.63. The maximum absolute atomic E-state index is 13.2. The van der Waals surface area contributed by atoms with E-state index in [9.17, 15) is 61.0 Å². The maximum Gasteiger partial charge on any atom is 0.331 e. The van der Waals surface area contributed by atoms with Gasteiger partial charge in [-0.3, -0.25) is 0 Å². The third-order valence-corrected chi connectivity index (χ3v) is 8.87. The van der Waals surface area contributed by atoms with E-state index >= 15 is 0 Å². The number of aliphatic hydroxyl groups excluding tert-OH is 5. The van der Waals surface area contributed by atoms with E-state index in [-0.39, 0.29) is 30.1 Å².